The van der Waals surface area contributed by atoms with Crippen LogP contribution in [-0.2, 0) is 4.79 Å². The summed E-state index contributed by atoms with van der Waals surface area (Å²) in [5.41, 5.74) is 2.79. The van der Waals surface area contributed by atoms with Crippen molar-refractivity contribution in [2.45, 2.75) is 6.92 Å². The minimum atomic E-state index is -0.0602. The van der Waals surface area contributed by atoms with Gasteiger partial charge in [0.1, 0.15) is 0 Å². The molecule has 1 saturated heterocycles. The van der Waals surface area contributed by atoms with Crippen molar-refractivity contribution in [3.05, 3.63) is 47.2 Å². The number of hydrogen-bond donors (Lipinski definition) is 1. The van der Waals surface area contributed by atoms with Crippen molar-refractivity contribution < 1.29 is 4.79 Å². The number of nitrogens with zero attached hydrogens (tertiary/aromatic N) is 3. The number of hydrogen-bond acceptors (Lipinski definition) is 5. The van der Waals surface area contributed by atoms with E-state index in [-0.39, 0.29) is 11.8 Å². The van der Waals surface area contributed by atoms with Gasteiger partial charge in [0.05, 0.1) is 21.8 Å². The fraction of sp³-hybridized carbons (Fsp3) is 0.235. The number of anilines is 2. The van der Waals surface area contributed by atoms with E-state index in [1.54, 1.807) is 29.7 Å². The number of fused-ring (bicyclic) bond motifs is 1. The quantitative estimate of drug-likeness (QED) is 0.725. The zero-order valence-corrected chi connectivity index (χ0v) is 14.6. The van der Waals surface area contributed by atoms with Crippen LogP contribution in [0, 0.1) is 12.8 Å². The number of thiazole rings is 1. The summed E-state index contributed by atoms with van der Waals surface area (Å²) in [7, 11) is 0. The van der Waals surface area contributed by atoms with Crippen molar-refractivity contribution in [1.29, 1.82) is 0 Å². The van der Waals surface area contributed by atoms with Gasteiger partial charge < -0.3 is 10.2 Å². The average Bonchev–Trinajstić information content (AvgIpc) is 2.90. The molecule has 3 heterocycles. The van der Waals surface area contributed by atoms with Gasteiger partial charge in [-0.25, -0.2) is 9.97 Å². The Bertz CT molecular complexity index is 920. The van der Waals surface area contributed by atoms with Gasteiger partial charge in [-0.2, -0.15) is 0 Å². The van der Waals surface area contributed by atoms with Crippen LogP contribution in [0.15, 0.2) is 36.5 Å². The molecule has 0 aliphatic carbocycles. The summed E-state index contributed by atoms with van der Waals surface area (Å²) in [5, 5.41) is 4.12. The van der Waals surface area contributed by atoms with E-state index in [4.69, 9.17) is 11.6 Å². The second kappa shape index (κ2) is 6.03. The summed E-state index contributed by atoms with van der Waals surface area (Å²) in [5.74, 6) is -0.0897. The molecule has 4 rings (SSSR count). The van der Waals surface area contributed by atoms with E-state index in [9.17, 15) is 4.79 Å². The molecule has 1 aromatic carbocycles. The predicted octanol–water partition coefficient (Wildman–Crippen LogP) is 3.73. The van der Waals surface area contributed by atoms with Gasteiger partial charge in [-0.1, -0.05) is 29.0 Å². The third-order valence-corrected chi connectivity index (χ3v) is 5.45. The molecule has 0 saturated carbocycles. The number of benzene rings is 1. The maximum Gasteiger partial charge on any atom is 0.231 e. The lowest BCUT2D eigenvalue weighted by Gasteiger charge is -2.37. The van der Waals surface area contributed by atoms with Gasteiger partial charge in [-0.3, -0.25) is 4.79 Å². The molecule has 7 heteroatoms. The van der Waals surface area contributed by atoms with Crippen molar-refractivity contribution in [3.8, 4) is 0 Å². The topological polar surface area (TPSA) is 58.1 Å². The summed E-state index contributed by atoms with van der Waals surface area (Å²) in [6.45, 7) is 3.41. The van der Waals surface area contributed by atoms with Gasteiger partial charge in [0.2, 0.25) is 5.91 Å². The summed E-state index contributed by atoms with van der Waals surface area (Å²) < 4.78 is 1.18. The van der Waals surface area contributed by atoms with Crippen molar-refractivity contribution in [3.63, 3.8) is 0 Å². The first-order valence-electron chi connectivity index (χ1n) is 7.63. The summed E-state index contributed by atoms with van der Waals surface area (Å²) >= 11 is 7.64. The highest BCUT2D eigenvalue weighted by Gasteiger charge is 2.34. The predicted molar refractivity (Wildman–Crippen MR) is 97.9 cm³/mol. The fourth-order valence-electron chi connectivity index (χ4n) is 2.67. The third-order valence-electron chi connectivity index (χ3n) is 4.07. The molecule has 122 valence electrons. The maximum atomic E-state index is 12.3. The smallest absolute Gasteiger partial charge is 0.231 e. The van der Waals surface area contributed by atoms with Crippen molar-refractivity contribution in [2.24, 2.45) is 5.92 Å². The Morgan fingerprint density at radius 1 is 1.38 bits per heavy atom. The lowest BCUT2D eigenvalue weighted by Crippen LogP contribution is -2.52. The highest BCUT2D eigenvalue weighted by atomic mass is 35.5. The number of halogens is 1. The largest absolute Gasteiger partial charge is 0.346 e. The van der Waals surface area contributed by atoms with Crippen LogP contribution in [0.2, 0.25) is 5.15 Å². The van der Waals surface area contributed by atoms with Crippen LogP contribution >= 0.6 is 22.9 Å². The number of aromatic nitrogens is 2. The third kappa shape index (κ3) is 2.83. The van der Waals surface area contributed by atoms with Crippen LogP contribution in [0.1, 0.15) is 5.56 Å². The van der Waals surface area contributed by atoms with E-state index < -0.39 is 0 Å². The lowest BCUT2D eigenvalue weighted by atomic mass is 10.00. The molecular weight excluding hydrogens is 344 g/mol. The van der Waals surface area contributed by atoms with Crippen LogP contribution in [0.4, 0.5) is 10.8 Å². The molecule has 0 atom stereocenters. The van der Waals surface area contributed by atoms with E-state index >= 15 is 0 Å². The van der Waals surface area contributed by atoms with Crippen LogP contribution in [0.25, 0.3) is 10.2 Å². The number of nitrogens with one attached hydrogen (secondary N) is 1. The Hall–Kier alpha value is -2.18. The van der Waals surface area contributed by atoms with Crippen molar-refractivity contribution in [2.75, 3.05) is 23.3 Å². The lowest BCUT2D eigenvalue weighted by molar-refractivity contribution is -0.120. The number of aryl methyl sites for hydroxylation is 1. The highest BCUT2D eigenvalue weighted by Crippen LogP contribution is 2.33. The molecule has 0 bridgehead atoms. The minimum absolute atomic E-state index is 0.0295. The number of carbonyl (C=O) groups is 1. The monoisotopic (exact) mass is 358 g/mol. The number of carbonyl (C=O) groups excluding carboxylic acids is 1. The molecule has 5 nitrogen and oxygen atoms in total. The summed E-state index contributed by atoms with van der Waals surface area (Å²) in [6, 6.07) is 9.75. The first-order chi connectivity index (χ1) is 11.6. The minimum Gasteiger partial charge on any atom is -0.346 e. The fourth-order valence-corrected chi connectivity index (χ4v) is 3.92. The molecule has 0 unspecified atom stereocenters. The molecule has 1 fully saturated rings. The van der Waals surface area contributed by atoms with Gasteiger partial charge in [0.25, 0.3) is 0 Å². The molecule has 1 aliphatic heterocycles. The van der Waals surface area contributed by atoms with Crippen molar-refractivity contribution in [1.82, 2.24) is 9.97 Å². The van der Waals surface area contributed by atoms with E-state index in [0.29, 0.717) is 23.9 Å². The van der Waals surface area contributed by atoms with E-state index in [1.807, 2.05) is 6.07 Å². The zero-order valence-electron chi connectivity index (χ0n) is 13.0. The maximum absolute atomic E-state index is 12.3. The SMILES string of the molecule is Cc1ccc2nc(N3CC(C(=O)Nc4cccnc4Cl)C3)sc2c1. The Balaban J connectivity index is 1.42. The normalized spacial score (nSPS) is 14.7. The van der Waals surface area contributed by atoms with E-state index in [1.165, 1.54) is 10.3 Å². The zero-order chi connectivity index (χ0) is 16.7. The van der Waals surface area contributed by atoms with Crippen LogP contribution < -0.4 is 10.2 Å². The van der Waals surface area contributed by atoms with Crippen LogP contribution in [0.5, 0.6) is 0 Å². The van der Waals surface area contributed by atoms with Gasteiger partial charge in [0.15, 0.2) is 10.3 Å². The Morgan fingerprint density at radius 2 is 2.21 bits per heavy atom. The van der Waals surface area contributed by atoms with Crippen LogP contribution in [-0.4, -0.2) is 29.0 Å². The molecule has 1 N–H and O–H groups in total. The molecule has 1 aliphatic rings. The molecule has 3 aromatic rings. The second-order valence-electron chi connectivity index (χ2n) is 5.90. The van der Waals surface area contributed by atoms with Gasteiger partial charge >= 0.3 is 0 Å². The standard InChI is InChI=1S/C17H15ClN4OS/c1-10-4-5-12-14(7-10)24-17(21-12)22-8-11(9-22)16(23)20-13-3-2-6-19-15(13)18/h2-7,11H,8-9H2,1H3,(H,20,23). The Kier molecular flexibility index (Phi) is 3.86. The number of amides is 1. The molecule has 0 spiro atoms. The molecule has 1 amide bonds. The molecule has 2 aromatic heterocycles. The molecular formula is C17H15ClN4OS. The van der Waals surface area contributed by atoms with Crippen molar-refractivity contribution >= 4 is 49.9 Å². The Labute approximate surface area is 148 Å². The van der Waals surface area contributed by atoms with E-state index in [2.05, 4.69) is 39.2 Å². The first-order valence-corrected chi connectivity index (χ1v) is 8.83. The second-order valence-corrected chi connectivity index (χ2v) is 7.27. The molecule has 0 radical (unpaired) electrons. The van der Waals surface area contributed by atoms with E-state index in [0.717, 1.165) is 10.6 Å². The highest BCUT2D eigenvalue weighted by molar-refractivity contribution is 7.22. The average molecular weight is 359 g/mol. The summed E-state index contributed by atoms with van der Waals surface area (Å²) in [4.78, 5) is 23.0. The van der Waals surface area contributed by atoms with Crippen LogP contribution in [0.3, 0.4) is 0 Å². The molecule has 24 heavy (non-hydrogen) atoms. The van der Waals surface area contributed by atoms with Gasteiger partial charge in [0, 0.05) is 19.3 Å². The number of rotatable bonds is 3. The first kappa shape index (κ1) is 15.4. The number of pyridine rings is 1. The Morgan fingerprint density at radius 3 is 3.00 bits per heavy atom. The summed E-state index contributed by atoms with van der Waals surface area (Å²) in [6.07, 6.45) is 1.60. The van der Waals surface area contributed by atoms with Gasteiger partial charge in [-0.15, -0.1) is 0 Å². The van der Waals surface area contributed by atoms with Gasteiger partial charge in [-0.05, 0) is 36.8 Å².